The third-order valence-electron chi connectivity index (χ3n) is 3.44. The highest BCUT2D eigenvalue weighted by atomic mass is 35.5. The van der Waals surface area contributed by atoms with Crippen molar-refractivity contribution in [2.75, 3.05) is 4.90 Å². The number of carbonyl (C=O) groups is 2. The van der Waals surface area contributed by atoms with Gasteiger partial charge in [0.15, 0.2) is 0 Å². The number of nitrogens with zero attached hydrogens (tertiary/aromatic N) is 1. The lowest BCUT2D eigenvalue weighted by atomic mass is 10.00. The van der Waals surface area contributed by atoms with Crippen molar-refractivity contribution in [3.05, 3.63) is 28.8 Å². The molecule has 1 aromatic rings. The van der Waals surface area contributed by atoms with E-state index in [0.29, 0.717) is 11.3 Å². The van der Waals surface area contributed by atoms with Crippen LogP contribution < -0.4 is 10.6 Å². The van der Waals surface area contributed by atoms with Gasteiger partial charge in [-0.05, 0) is 18.2 Å². The third-order valence-corrected chi connectivity index (χ3v) is 3.98. The van der Waals surface area contributed by atoms with Crippen LogP contribution in [0.15, 0.2) is 18.2 Å². The lowest BCUT2D eigenvalue weighted by Gasteiger charge is -2.16. The van der Waals surface area contributed by atoms with E-state index in [1.165, 1.54) is 0 Å². The Morgan fingerprint density at radius 3 is 2.21 bits per heavy atom. The molecule has 1 aliphatic rings. The van der Waals surface area contributed by atoms with E-state index in [1.54, 1.807) is 32.0 Å². The van der Waals surface area contributed by atoms with Gasteiger partial charge in [0.1, 0.15) is 4.99 Å². The first kappa shape index (κ1) is 14.0. The zero-order valence-corrected chi connectivity index (χ0v) is 12.1. The molecule has 0 spiro atoms. The van der Waals surface area contributed by atoms with Crippen molar-refractivity contribution < 1.29 is 9.59 Å². The summed E-state index contributed by atoms with van der Waals surface area (Å²) in [7, 11) is 0. The second-order valence-electron chi connectivity index (χ2n) is 4.62. The first-order valence-electron chi connectivity index (χ1n) is 5.81. The third kappa shape index (κ3) is 2.24. The SMILES string of the molecule is CC1C(=O)N(c2ccc(C(N)=S)cc2Cl)C(=O)C1C. The Hall–Kier alpha value is -1.46. The van der Waals surface area contributed by atoms with Crippen molar-refractivity contribution in [3.63, 3.8) is 0 Å². The minimum absolute atomic E-state index is 0.217. The summed E-state index contributed by atoms with van der Waals surface area (Å²) >= 11 is 11.0. The van der Waals surface area contributed by atoms with E-state index in [4.69, 9.17) is 29.6 Å². The van der Waals surface area contributed by atoms with Crippen LogP contribution in [0, 0.1) is 11.8 Å². The van der Waals surface area contributed by atoms with Crippen LogP contribution in [0.3, 0.4) is 0 Å². The van der Waals surface area contributed by atoms with Gasteiger partial charge in [-0.15, -0.1) is 0 Å². The van der Waals surface area contributed by atoms with Gasteiger partial charge in [0, 0.05) is 17.4 Å². The average Bonchev–Trinajstić information content (AvgIpc) is 2.55. The molecule has 19 heavy (non-hydrogen) atoms. The summed E-state index contributed by atoms with van der Waals surface area (Å²) in [6, 6.07) is 4.81. The van der Waals surface area contributed by atoms with E-state index in [0.717, 1.165) is 4.90 Å². The number of halogens is 1. The highest BCUT2D eigenvalue weighted by Crippen LogP contribution is 2.35. The van der Waals surface area contributed by atoms with Gasteiger partial charge in [-0.3, -0.25) is 9.59 Å². The van der Waals surface area contributed by atoms with E-state index in [-0.39, 0.29) is 33.7 Å². The Kier molecular flexibility index (Phi) is 3.60. The van der Waals surface area contributed by atoms with Gasteiger partial charge in [0.25, 0.3) is 0 Å². The summed E-state index contributed by atoms with van der Waals surface area (Å²) < 4.78 is 0. The van der Waals surface area contributed by atoms with Gasteiger partial charge >= 0.3 is 0 Å². The van der Waals surface area contributed by atoms with Crippen LogP contribution in [0.4, 0.5) is 5.69 Å². The molecule has 1 heterocycles. The zero-order chi connectivity index (χ0) is 14.3. The Bertz CT molecular complexity index is 568. The van der Waals surface area contributed by atoms with Crippen LogP contribution in [0.2, 0.25) is 5.02 Å². The highest BCUT2D eigenvalue weighted by Gasteiger charge is 2.43. The summed E-state index contributed by atoms with van der Waals surface area (Å²) in [4.78, 5) is 25.5. The van der Waals surface area contributed by atoms with Crippen molar-refractivity contribution in [1.29, 1.82) is 0 Å². The van der Waals surface area contributed by atoms with Crippen LogP contribution >= 0.6 is 23.8 Å². The zero-order valence-electron chi connectivity index (χ0n) is 10.5. The molecule has 2 N–H and O–H groups in total. The van der Waals surface area contributed by atoms with Crippen LogP contribution in [-0.4, -0.2) is 16.8 Å². The van der Waals surface area contributed by atoms with Gasteiger partial charge in [-0.1, -0.05) is 37.7 Å². The maximum atomic E-state index is 12.1. The van der Waals surface area contributed by atoms with Crippen LogP contribution in [0.1, 0.15) is 19.4 Å². The van der Waals surface area contributed by atoms with E-state index in [1.807, 2.05) is 0 Å². The Morgan fingerprint density at radius 1 is 1.26 bits per heavy atom. The molecule has 2 rings (SSSR count). The van der Waals surface area contributed by atoms with E-state index < -0.39 is 0 Å². The smallest absolute Gasteiger partial charge is 0.237 e. The van der Waals surface area contributed by atoms with Crippen molar-refractivity contribution >= 4 is 46.3 Å². The number of hydrogen-bond donors (Lipinski definition) is 1. The summed E-state index contributed by atoms with van der Waals surface area (Å²) in [5.74, 6) is -1.14. The molecular weight excluding hydrogens is 284 g/mol. The number of carbonyl (C=O) groups excluding carboxylic acids is 2. The second kappa shape index (κ2) is 4.90. The highest BCUT2D eigenvalue weighted by molar-refractivity contribution is 7.80. The summed E-state index contributed by atoms with van der Waals surface area (Å²) in [6.07, 6.45) is 0. The number of thiocarbonyl (C=S) groups is 1. The lowest BCUT2D eigenvalue weighted by Crippen LogP contribution is -2.31. The number of anilines is 1. The Labute approximate surface area is 121 Å². The molecule has 2 unspecified atom stereocenters. The van der Waals surface area contributed by atoms with Gasteiger partial charge in [0.2, 0.25) is 11.8 Å². The van der Waals surface area contributed by atoms with E-state index in [2.05, 4.69) is 0 Å². The number of rotatable bonds is 2. The molecule has 1 aliphatic heterocycles. The number of imide groups is 1. The average molecular weight is 297 g/mol. The van der Waals surface area contributed by atoms with Crippen molar-refractivity contribution in [3.8, 4) is 0 Å². The first-order valence-corrected chi connectivity index (χ1v) is 6.60. The van der Waals surface area contributed by atoms with Gasteiger partial charge in [-0.2, -0.15) is 0 Å². The fourth-order valence-electron chi connectivity index (χ4n) is 2.02. The molecule has 0 saturated carbocycles. The fourth-order valence-corrected chi connectivity index (χ4v) is 2.41. The van der Waals surface area contributed by atoms with Gasteiger partial charge in [-0.25, -0.2) is 4.90 Å². The number of benzene rings is 1. The molecule has 1 saturated heterocycles. The van der Waals surface area contributed by atoms with Gasteiger partial charge in [0.05, 0.1) is 10.7 Å². The normalized spacial score (nSPS) is 23.0. The molecule has 4 nitrogen and oxygen atoms in total. The van der Waals surface area contributed by atoms with Gasteiger partial charge < -0.3 is 5.73 Å². The molecule has 0 bridgehead atoms. The monoisotopic (exact) mass is 296 g/mol. The maximum absolute atomic E-state index is 12.1. The molecule has 0 radical (unpaired) electrons. The standard InChI is InChI=1S/C13H13ClN2O2S/c1-6-7(2)13(18)16(12(6)17)10-4-3-8(11(15)19)5-9(10)14/h3-7H,1-2H3,(H2,15,19). The molecule has 100 valence electrons. The predicted molar refractivity (Wildman–Crippen MR) is 78.2 cm³/mol. The molecule has 6 heteroatoms. The first-order chi connectivity index (χ1) is 8.84. The van der Waals surface area contributed by atoms with Crippen LogP contribution in [0.5, 0.6) is 0 Å². The quantitative estimate of drug-likeness (QED) is 0.671. The topological polar surface area (TPSA) is 63.4 Å². The number of hydrogen-bond acceptors (Lipinski definition) is 3. The molecule has 2 atom stereocenters. The minimum atomic E-state index is -0.334. The van der Waals surface area contributed by atoms with E-state index in [9.17, 15) is 9.59 Å². The van der Waals surface area contributed by atoms with Crippen molar-refractivity contribution in [2.24, 2.45) is 17.6 Å². The second-order valence-corrected chi connectivity index (χ2v) is 5.47. The molecular formula is C13H13ClN2O2S. The van der Waals surface area contributed by atoms with Crippen LogP contribution in [-0.2, 0) is 9.59 Å². The Morgan fingerprint density at radius 2 is 1.79 bits per heavy atom. The van der Waals surface area contributed by atoms with Crippen molar-refractivity contribution in [1.82, 2.24) is 0 Å². The number of nitrogens with two attached hydrogens (primary N) is 1. The largest absolute Gasteiger partial charge is 0.389 e. The molecule has 2 amide bonds. The molecule has 0 aromatic heterocycles. The summed E-state index contributed by atoms with van der Waals surface area (Å²) in [5.41, 5.74) is 6.49. The Balaban J connectivity index is 2.46. The maximum Gasteiger partial charge on any atom is 0.237 e. The summed E-state index contributed by atoms with van der Waals surface area (Å²) in [6.45, 7) is 3.48. The molecule has 1 fully saturated rings. The molecule has 0 aliphatic carbocycles. The lowest BCUT2D eigenvalue weighted by molar-refractivity contribution is -0.122. The molecule has 1 aromatic carbocycles. The fraction of sp³-hybridized carbons (Fsp3) is 0.308. The van der Waals surface area contributed by atoms with Crippen molar-refractivity contribution in [2.45, 2.75) is 13.8 Å². The predicted octanol–water partition coefficient (Wildman–Crippen LogP) is 2.12. The van der Waals surface area contributed by atoms with Crippen LogP contribution in [0.25, 0.3) is 0 Å². The number of amides is 2. The van der Waals surface area contributed by atoms with E-state index >= 15 is 0 Å². The minimum Gasteiger partial charge on any atom is -0.389 e. The summed E-state index contributed by atoms with van der Waals surface area (Å²) in [5, 5.41) is 0.285.